The summed E-state index contributed by atoms with van der Waals surface area (Å²) in [6.45, 7) is 2.44. The maximum absolute atomic E-state index is 12.8. The fourth-order valence-electron chi connectivity index (χ4n) is 3.26. The number of para-hydroxylation sites is 1. The first-order chi connectivity index (χ1) is 13.0. The minimum absolute atomic E-state index is 0.0642. The van der Waals surface area contributed by atoms with Gasteiger partial charge >= 0.3 is 0 Å². The second-order valence-electron chi connectivity index (χ2n) is 6.71. The van der Waals surface area contributed by atoms with Crippen LogP contribution in [-0.2, 0) is 9.59 Å². The molecule has 2 N–H and O–H groups in total. The van der Waals surface area contributed by atoms with Gasteiger partial charge in [0.25, 0.3) is 5.91 Å². The van der Waals surface area contributed by atoms with Gasteiger partial charge in [-0.05, 0) is 43.2 Å². The highest BCUT2D eigenvalue weighted by Crippen LogP contribution is 2.21. The molecule has 0 aromatic heterocycles. The fourth-order valence-corrected chi connectivity index (χ4v) is 3.26. The summed E-state index contributed by atoms with van der Waals surface area (Å²) in [5.41, 5.74) is 1.85. The van der Waals surface area contributed by atoms with E-state index in [9.17, 15) is 14.4 Å². The quantitative estimate of drug-likeness (QED) is 0.874. The Labute approximate surface area is 158 Å². The zero-order chi connectivity index (χ0) is 19.2. The summed E-state index contributed by atoms with van der Waals surface area (Å²) in [6, 6.07) is 16.2. The molecule has 0 radical (unpaired) electrons. The summed E-state index contributed by atoms with van der Waals surface area (Å²) in [4.78, 5) is 38.3. The second-order valence-corrected chi connectivity index (χ2v) is 6.71. The smallest absolute Gasteiger partial charge is 0.253 e. The minimum Gasteiger partial charge on any atom is -0.338 e. The van der Waals surface area contributed by atoms with Crippen molar-refractivity contribution in [2.24, 2.45) is 5.92 Å². The van der Waals surface area contributed by atoms with Crippen molar-refractivity contribution in [3.05, 3.63) is 60.2 Å². The Morgan fingerprint density at radius 3 is 2.44 bits per heavy atom. The Kier molecular flexibility index (Phi) is 5.86. The van der Waals surface area contributed by atoms with Gasteiger partial charge in [0, 0.05) is 37.0 Å². The Hall–Kier alpha value is -3.15. The van der Waals surface area contributed by atoms with E-state index in [2.05, 4.69) is 10.6 Å². The van der Waals surface area contributed by atoms with Crippen LogP contribution in [0.3, 0.4) is 0 Å². The molecular formula is C21H23N3O3. The molecule has 1 atom stereocenters. The lowest BCUT2D eigenvalue weighted by Crippen LogP contribution is -2.43. The molecule has 3 amide bonds. The molecule has 0 saturated carbocycles. The summed E-state index contributed by atoms with van der Waals surface area (Å²) < 4.78 is 0. The van der Waals surface area contributed by atoms with Gasteiger partial charge in [-0.3, -0.25) is 14.4 Å². The number of hydrogen-bond acceptors (Lipinski definition) is 3. The molecule has 1 unspecified atom stereocenters. The number of piperidine rings is 1. The van der Waals surface area contributed by atoms with Crippen molar-refractivity contribution >= 4 is 29.1 Å². The van der Waals surface area contributed by atoms with Gasteiger partial charge in [0.15, 0.2) is 0 Å². The first-order valence-corrected chi connectivity index (χ1v) is 9.06. The number of nitrogens with zero attached hydrogens (tertiary/aromatic N) is 1. The van der Waals surface area contributed by atoms with E-state index < -0.39 is 0 Å². The third-order valence-corrected chi connectivity index (χ3v) is 4.55. The summed E-state index contributed by atoms with van der Waals surface area (Å²) in [6.07, 6.45) is 1.54. The van der Waals surface area contributed by atoms with Crippen LogP contribution >= 0.6 is 0 Å². The monoisotopic (exact) mass is 365 g/mol. The molecule has 140 valence electrons. The fraction of sp³-hybridized carbons (Fsp3) is 0.286. The van der Waals surface area contributed by atoms with Crippen molar-refractivity contribution in [3.63, 3.8) is 0 Å². The SMILES string of the molecule is CC(=O)Nc1cccc(C(=O)N2CCCC(C(=O)Nc3ccccc3)C2)c1. The van der Waals surface area contributed by atoms with E-state index in [1.165, 1.54) is 6.92 Å². The van der Waals surface area contributed by atoms with Crippen molar-refractivity contribution < 1.29 is 14.4 Å². The number of carbonyl (C=O) groups excluding carboxylic acids is 3. The molecule has 1 fully saturated rings. The Balaban J connectivity index is 1.66. The van der Waals surface area contributed by atoms with E-state index in [0.717, 1.165) is 18.5 Å². The van der Waals surface area contributed by atoms with Gasteiger partial charge < -0.3 is 15.5 Å². The topological polar surface area (TPSA) is 78.5 Å². The van der Waals surface area contributed by atoms with Gasteiger partial charge in [-0.15, -0.1) is 0 Å². The lowest BCUT2D eigenvalue weighted by atomic mass is 9.96. The zero-order valence-corrected chi connectivity index (χ0v) is 15.3. The third kappa shape index (κ3) is 4.94. The van der Waals surface area contributed by atoms with Crippen molar-refractivity contribution in [1.29, 1.82) is 0 Å². The minimum atomic E-state index is -0.235. The van der Waals surface area contributed by atoms with Crippen LogP contribution in [0.2, 0.25) is 0 Å². The van der Waals surface area contributed by atoms with Crippen LogP contribution in [0.15, 0.2) is 54.6 Å². The van der Waals surface area contributed by atoms with Crippen molar-refractivity contribution in [1.82, 2.24) is 4.90 Å². The first-order valence-electron chi connectivity index (χ1n) is 9.06. The molecule has 2 aromatic carbocycles. The van der Waals surface area contributed by atoms with Crippen LogP contribution in [-0.4, -0.2) is 35.7 Å². The standard InChI is InChI=1S/C21H23N3O3/c1-15(25)22-19-11-5-7-16(13-19)21(27)24-12-6-8-17(14-24)20(26)23-18-9-3-2-4-10-18/h2-5,7,9-11,13,17H,6,8,12,14H2,1H3,(H,22,25)(H,23,26). The second kappa shape index (κ2) is 8.49. The van der Waals surface area contributed by atoms with Crippen LogP contribution in [0, 0.1) is 5.92 Å². The zero-order valence-electron chi connectivity index (χ0n) is 15.3. The third-order valence-electron chi connectivity index (χ3n) is 4.55. The number of rotatable bonds is 4. The molecule has 27 heavy (non-hydrogen) atoms. The van der Waals surface area contributed by atoms with E-state index in [0.29, 0.717) is 24.3 Å². The van der Waals surface area contributed by atoms with Crippen LogP contribution in [0.25, 0.3) is 0 Å². The van der Waals surface area contributed by atoms with Crippen LogP contribution < -0.4 is 10.6 Å². The summed E-state index contributed by atoms with van der Waals surface area (Å²) in [7, 11) is 0. The number of anilines is 2. The van der Waals surface area contributed by atoms with Crippen LogP contribution in [0.5, 0.6) is 0 Å². The van der Waals surface area contributed by atoms with Crippen molar-refractivity contribution in [3.8, 4) is 0 Å². The number of benzene rings is 2. The van der Waals surface area contributed by atoms with E-state index in [4.69, 9.17) is 0 Å². The van der Waals surface area contributed by atoms with Gasteiger partial charge in [0.05, 0.1) is 5.92 Å². The normalized spacial score (nSPS) is 16.5. The Bertz CT molecular complexity index is 836. The van der Waals surface area contributed by atoms with Crippen LogP contribution in [0.4, 0.5) is 11.4 Å². The van der Waals surface area contributed by atoms with Gasteiger partial charge in [0.1, 0.15) is 0 Å². The predicted molar refractivity (Wildman–Crippen MR) is 104 cm³/mol. The number of carbonyl (C=O) groups is 3. The molecule has 1 aliphatic heterocycles. The molecule has 0 aliphatic carbocycles. The van der Waals surface area contributed by atoms with Gasteiger partial charge in [-0.2, -0.15) is 0 Å². The molecule has 1 saturated heterocycles. The maximum Gasteiger partial charge on any atom is 0.253 e. The highest BCUT2D eigenvalue weighted by atomic mass is 16.2. The van der Waals surface area contributed by atoms with E-state index >= 15 is 0 Å². The van der Waals surface area contributed by atoms with Crippen molar-refractivity contribution in [2.45, 2.75) is 19.8 Å². The number of nitrogens with one attached hydrogen (secondary N) is 2. The predicted octanol–water partition coefficient (Wildman–Crippen LogP) is 3.14. The molecule has 1 heterocycles. The highest BCUT2D eigenvalue weighted by molar-refractivity contribution is 5.98. The lowest BCUT2D eigenvalue weighted by Gasteiger charge is -2.32. The molecule has 3 rings (SSSR count). The van der Waals surface area contributed by atoms with Crippen LogP contribution in [0.1, 0.15) is 30.1 Å². The average molecular weight is 365 g/mol. The molecule has 0 bridgehead atoms. The molecule has 0 spiro atoms. The Morgan fingerprint density at radius 2 is 1.70 bits per heavy atom. The summed E-state index contributed by atoms with van der Waals surface area (Å²) in [5.74, 6) is -0.609. The van der Waals surface area contributed by atoms with E-state index in [1.807, 2.05) is 30.3 Å². The van der Waals surface area contributed by atoms with E-state index in [1.54, 1.807) is 29.2 Å². The number of amides is 3. The molecule has 2 aromatic rings. The number of likely N-dealkylation sites (tertiary alicyclic amines) is 1. The molecule has 6 nitrogen and oxygen atoms in total. The summed E-state index contributed by atoms with van der Waals surface area (Å²) in [5, 5.41) is 5.60. The molecule has 6 heteroatoms. The molecule has 1 aliphatic rings. The van der Waals surface area contributed by atoms with E-state index in [-0.39, 0.29) is 23.6 Å². The van der Waals surface area contributed by atoms with Gasteiger partial charge in [0.2, 0.25) is 11.8 Å². The Morgan fingerprint density at radius 1 is 0.963 bits per heavy atom. The van der Waals surface area contributed by atoms with Gasteiger partial charge in [-0.1, -0.05) is 24.3 Å². The summed E-state index contributed by atoms with van der Waals surface area (Å²) >= 11 is 0. The highest BCUT2D eigenvalue weighted by Gasteiger charge is 2.29. The first kappa shape index (κ1) is 18.6. The largest absolute Gasteiger partial charge is 0.338 e. The maximum atomic E-state index is 12.8. The molecular weight excluding hydrogens is 342 g/mol. The lowest BCUT2D eigenvalue weighted by molar-refractivity contribution is -0.121. The van der Waals surface area contributed by atoms with Gasteiger partial charge in [-0.25, -0.2) is 0 Å². The van der Waals surface area contributed by atoms with Crippen molar-refractivity contribution in [2.75, 3.05) is 23.7 Å². The number of hydrogen-bond donors (Lipinski definition) is 2. The average Bonchev–Trinajstić information content (AvgIpc) is 2.68.